The number of nitriles is 1. The van der Waals surface area contributed by atoms with Crippen LogP contribution in [0.2, 0.25) is 0 Å². The van der Waals surface area contributed by atoms with E-state index in [1.54, 1.807) is 18.2 Å². The molecular weight excluding hydrogens is 228 g/mol. The van der Waals surface area contributed by atoms with Gasteiger partial charge in [0.05, 0.1) is 11.3 Å². The number of ether oxygens (including phenoxy) is 1. The van der Waals surface area contributed by atoms with Crippen LogP contribution in [-0.4, -0.2) is 5.21 Å². The van der Waals surface area contributed by atoms with Crippen molar-refractivity contribution in [1.82, 2.24) is 0 Å². The average molecular weight is 240 g/mol. The molecule has 0 unspecified atom stereocenters. The lowest BCUT2D eigenvalue weighted by Crippen LogP contribution is -1.98. The van der Waals surface area contributed by atoms with Gasteiger partial charge in [-0.25, -0.2) is 0 Å². The van der Waals surface area contributed by atoms with Gasteiger partial charge in [0.2, 0.25) is 0 Å². The van der Waals surface area contributed by atoms with E-state index in [9.17, 15) is 0 Å². The molecule has 0 aliphatic rings. The quantitative estimate of drug-likeness (QED) is 0.806. The number of hydrogen-bond donors (Lipinski definition) is 2. The van der Waals surface area contributed by atoms with E-state index in [1.165, 1.54) is 0 Å². The van der Waals surface area contributed by atoms with Crippen LogP contribution in [0.1, 0.15) is 11.1 Å². The number of nitrogens with zero attached hydrogens (tertiary/aromatic N) is 1. The van der Waals surface area contributed by atoms with E-state index in [0.29, 0.717) is 23.6 Å². The minimum absolute atomic E-state index is 0.336. The van der Waals surface area contributed by atoms with Gasteiger partial charge in [-0.2, -0.15) is 5.26 Å². The predicted molar refractivity (Wildman–Crippen MR) is 67.3 cm³/mol. The highest BCUT2D eigenvalue weighted by molar-refractivity contribution is 5.59. The molecule has 0 spiro atoms. The fourth-order valence-corrected chi connectivity index (χ4v) is 1.54. The Morgan fingerprint density at radius 3 is 2.61 bits per heavy atom. The molecule has 2 N–H and O–H groups in total. The molecule has 0 fully saturated rings. The fourth-order valence-electron chi connectivity index (χ4n) is 1.54. The summed E-state index contributed by atoms with van der Waals surface area (Å²) < 4.78 is 5.57. The first-order valence-electron chi connectivity index (χ1n) is 5.44. The summed E-state index contributed by atoms with van der Waals surface area (Å²) in [4.78, 5) is 0. The van der Waals surface area contributed by atoms with Crippen LogP contribution >= 0.6 is 0 Å². The Balaban J connectivity index is 2.09. The Morgan fingerprint density at radius 1 is 1.17 bits per heavy atom. The molecule has 0 aromatic heterocycles. The molecule has 4 nitrogen and oxygen atoms in total. The van der Waals surface area contributed by atoms with Crippen molar-refractivity contribution in [2.24, 2.45) is 0 Å². The Hall–Kier alpha value is -2.51. The van der Waals surface area contributed by atoms with Gasteiger partial charge in [-0.1, -0.05) is 30.3 Å². The van der Waals surface area contributed by atoms with Crippen LogP contribution in [0, 0.1) is 11.3 Å². The maximum absolute atomic E-state index is 8.90. The molecule has 4 heteroatoms. The van der Waals surface area contributed by atoms with Crippen molar-refractivity contribution in [3.63, 3.8) is 0 Å². The molecule has 90 valence electrons. The topological polar surface area (TPSA) is 65.3 Å². The number of hydrogen-bond acceptors (Lipinski definition) is 4. The monoisotopic (exact) mass is 240 g/mol. The van der Waals surface area contributed by atoms with Crippen molar-refractivity contribution in [2.75, 3.05) is 5.48 Å². The number of rotatable bonds is 4. The molecule has 0 bridgehead atoms. The second-order valence-electron chi connectivity index (χ2n) is 3.71. The van der Waals surface area contributed by atoms with Crippen molar-refractivity contribution < 1.29 is 9.94 Å². The van der Waals surface area contributed by atoms with Crippen LogP contribution in [0.15, 0.2) is 48.5 Å². The van der Waals surface area contributed by atoms with E-state index < -0.39 is 0 Å². The Bertz CT molecular complexity index is 562. The number of anilines is 1. The molecule has 2 aromatic carbocycles. The van der Waals surface area contributed by atoms with Crippen molar-refractivity contribution in [3.05, 3.63) is 59.7 Å². The van der Waals surface area contributed by atoms with Gasteiger partial charge in [0, 0.05) is 6.07 Å². The molecule has 2 aromatic rings. The first kappa shape index (κ1) is 12.0. The van der Waals surface area contributed by atoms with Crippen LogP contribution in [0.4, 0.5) is 5.69 Å². The van der Waals surface area contributed by atoms with Crippen LogP contribution in [0.3, 0.4) is 0 Å². The second kappa shape index (κ2) is 5.71. The third-order valence-electron chi connectivity index (χ3n) is 2.48. The maximum Gasteiger partial charge on any atom is 0.122 e. The highest BCUT2D eigenvalue weighted by atomic mass is 16.5. The lowest BCUT2D eigenvalue weighted by atomic mass is 10.2. The lowest BCUT2D eigenvalue weighted by molar-refractivity contribution is 0.305. The number of nitrogens with one attached hydrogen (secondary N) is 1. The zero-order chi connectivity index (χ0) is 12.8. The van der Waals surface area contributed by atoms with E-state index in [1.807, 2.05) is 41.9 Å². The zero-order valence-corrected chi connectivity index (χ0v) is 9.63. The molecular formula is C14H12N2O2. The summed E-state index contributed by atoms with van der Waals surface area (Å²) in [6, 6.07) is 16.6. The fraction of sp³-hybridized carbons (Fsp3) is 0.0714. The standard InChI is InChI=1S/C14H12N2O2/c15-9-12-6-7-13(8-14(12)16-17)18-10-11-4-2-1-3-5-11/h1-8,16-17H,10H2. The van der Waals surface area contributed by atoms with Gasteiger partial charge >= 0.3 is 0 Å². The van der Waals surface area contributed by atoms with Gasteiger partial charge < -0.3 is 4.74 Å². The first-order valence-corrected chi connectivity index (χ1v) is 5.44. The SMILES string of the molecule is N#Cc1ccc(OCc2ccccc2)cc1NO. The van der Waals surface area contributed by atoms with E-state index in [-0.39, 0.29) is 0 Å². The van der Waals surface area contributed by atoms with Gasteiger partial charge in [-0.3, -0.25) is 10.7 Å². The van der Waals surface area contributed by atoms with Crippen molar-refractivity contribution >= 4 is 5.69 Å². The minimum Gasteiger partial charge on any atom is -0.489 e. The van der Waals surface area contributed by atoms with E-state index in [2.05, 4.69) is 0 Å². The van der Waals surface area contributed by atoms with Gasteiger partial charge in [0.1, 0.15) is 18.4 Å². The lowest BCUT2D eigenvalue weighted by Gasteiger charge is -2.08. The highest BCUT2D eigenvalue weighted by Crippen LogP contribution is 2.22. The van der Waals surface area contributed by atoms with Crippen LogP contribution in [0.5, 0.6) is 5.75 Å². The summed E-state index contributed by atoms with van der Waals surface area (Å²) in [5.74, 6) is 0.592. The summed E-state index contributed by atoms with van der Waals surface area (Å²) in [7, 11) is 0. The van der Waals surface area contributed by atoms with Crippen LogP contribution < -0.4 is 10.2 Å². The normalized spacial score (nSPS) is 9.56. The summed E-state index contributed by atoms with van der Waals surface area (Å²) in [5.41, 5.74) is 3.74. The molecule has 18 heavy (non-hydrogen) atoms. The molecule has 0 radical (unpaired) electrons. The minimum atomic E-state index is 0.336. The van der Waals surface area contributed by atoms with E-state index >= 15 is 0 Å². The highest BCUT2D eigenvalue weighted by Gasteiger charge is 2.03. The Labute approximate surface area is 105 Å². The van der Waals surface area contributed by atoms with Gasteiger partial charge in [-0.05, 0) is 17.7 Å². The summed E-state index contributed by atoms with van der Waals surface area (Å²) in [5, 5.41) is 17.7. The van der Waals surface area contributed by atoms with E-state index in [4.69, 9.17) is 15.2 Å². The third-order valence-corrected chi connectivity index (χ3v) is 2.48. The smallest absolute Gasteiger partial charge is 0.122 e. The van der Waals surface area contributed by atoms with Gasteiger partial charge in [0.25, 0.3) is 0 Å². The molecule has 0 atom stereocenters. The summed E-state index contributed by atoms with van der Waals surface area (Å²) in [6.45, 7) is 0.442. The van der Waals surface area contributed by atoms with Gasteiger partial charge in [-0.15, -0.1) is 0 Å². The summed E-state index contributed by atoms with van der Waals surface area (Å²) >= 11 is 0. The summed E-state index contributed by atoms with van der Waals surface area (Å²) in [6.07, 6.45) is 0. The molecule has 0 saturated heterocycles. The van der Waals surface area contributed by atoms with Gasteiger partial charge in [0.15, 0.2) is 0 Å². The molecule has 0 heterocycles. The molecule has 0 aliphatic carbocycles. The van der Waals surface area contributed by atoms with Crippen molar-refractivity contribution in [1.29, 1.82) is 5.26 Å². The molecule has 0 saturated carbocycles. The first-order chi connectivity index (χ1) is 8.83. The maximum atomic E-state index is 8.90. The molecule has 0 aliphatic heterocycles. The average Bonchev–Trinajstić information content (AvgIpc) is 2.45. The predicted octanol–water partition coefficient (Wildman–Crippen LogP) is 2.94. The zero-order valence-electron chi connectivity index (χ0n) is 9.63. The second-order valence-corrected chi connectivity index (χ2v) is 3.71. The van der Waals surface area contributed by atoms with Crippen molar-refractivity contribution in [3.8, 4) is 11.8 Å². The van der Waals surface area contributed by atoms with Crippen LogP contribution in [0.25, 0.3) is 0 Å². The molecule has 0 amide bonds. The van der Waals surface area contributed by atoms with E-state index in [0.717, 1.165) is 5.56 Å². The van der Waals surface area contributed by atoms with Crippen LogP contribution in [-0.2, 0) is 6.61 Å². The molecule has 2 rings (SSSR count). The van der Waals surface area contributed by atoms with Crippen molar-refractivity contribution in [2.45, 2.75) is 6.61 Å². The third kappa shape index (κ3) is 2.78. The Morgan fingerprint density at radius 2 is 1.94 bits per heavy atom. The Kier molecular flexibility index (Phi) is 3.79. The number of benzene rings is 2. The largest absolute Gasteiger partial charge is 0.489 e.